The average molecular weight is 790 g/mol. The summed E-state index contributed by atoms with van der Waals surface area (Å²) >= 11 is 0. The molecule has 62 heavy (non-hydrogen) atoms. The minimum atomic E-state index is 0.671. The highest BCUT2D eigenvalue weighted by molar-refractivity contribution is 6.17. The summed E-state index contributed by atoms with van der Waals surface area (Å²) in [5.74, 6) is 0.671. The van der Waals surface area contributed by atoms with Gasteiger partial charge in [-0.05, 0) is 91.7 Å². The Morgan fingerprint density at radius 1 is 0.226 bits per heavy atom. The summed E-state index contributed by atoms with van der Waals surface area (Å²) in [5, 5.41) is 3.46. The number of aromatic nitrogens is 3. The van der Waals surface area contributed by atoms with E-state index < -0.39 is 0 Å². The van der Waals surface area contributed by atoms with Crippen molar-refractivity contribution in [3.63, 3.8) is 0 Å². The van der Waals surface area contributed by atoms with Crippen LogP contribution in [0.1, 0.15) is 0 Å². The van der Waals surface area contributed by atoms with Crippen LogP contribution in [0.2, 0.25) is 0 Å². The van der Waals surface area contributed by atoms with Gasteiger partial charge in [-0.15, -0.1) is 0 Å². The second-order valence-corrected chi connectivity index (χ2v) is 15.6. The van der Waals surface area contributed by atoms with E-state index in [0.29, 0.717) is 5.82 Å². The number of benzene rings is 9. The van der Waals surface area contributed by atoms with Crippen LogP contribution in [0.5, 0.6) is 0 Å². The van der Waals surface area contributed by atoms with Gasteiger partial charge in [0.1, 0.15) is 0 Å². The van der Waals surface area contributed by atoms with Crippen LogP contribution in [0.3, 0.4) is 0 Å². The van der Waals surface area contributed by atoms with Crippen molar-refractivity contribution in [1.82, 2.24) is 15.0 Å². The summed E-state index contributed by atoms with van der Waals surface area (Å²) in [5.41, 5.74) is 16.9. The van der Waals surface area contributed by atoms with Crippen LogP contribution in [0.25, 0.3) is 111 Å². The van der Waals surface area contributed by atoms with Crippen LogP contribution >= 0.6 is 0 Å². The maximum absolute atomic E-state index is 5.31. The molecule has 11 aromatic rings. The van der Waals surface area contributed by atoms with Gasteiger partial charge in [0.05, 0.1) is 22.6 Å². The molecule has 0 aliphatic rings. The molecular formula is C59H39N3. The van der Waals surface area contributed by atoms with Gasteiger partial charge in [0.2, 0.25) is 0 Å². The molecule has 11 rings (SSSR count). The summed E-state index contributed by atoms with van der Waals surface area (Å²) < 4.78 is 0. The third-order valence-corrected chi connectivity index (χ3v) is 11.7. The molecule has 3 heteroatoms. The standard InChI is InChI=1S/C59H39N3/c1-5-17-40(18-6-1)44-25-13-28-47(35-44)56-39-57(48-29-14-26-45(36-48)41-19-7-2-8-20-41)62-59(61-56)49-30-15-27-46(37-49)50-31-16-32-52-51(50)33-34-54-58(52)53(42-21-9-3-10-22-42)38-55(60-54)43-23-11-4-12-24-43/h1-39H. The average Bonchev–Trinajstić information content (AvgIpc) is 3.36. The maximum atomic E-state index is 5.31. The lowest BCUT2D eigenvalue weighted by molar-refractivity contribution is 1.18. The molecule has 9 aromatic carbocycles. The van der Waals surface area contributed by atoms with E-state index >= 15 is 0 Å². The molecule has 0 radical (unpaired) electrons. The van der Waals surface area contributed by atoms with Crippen molar-refractivity contribution in [1.29, 1.82) is 0 Å². The lowest BCUT2D eigenvalue weighted by Gasteiger charge is -2.15. The van der Waals surface area contributed by atoms with Gasteiger partial charge in [-0.1, -0.05) is 200 Å². The van der Waals surface area contributed by atoms with Gasteiger partial charge >= 0.3 is 0 Å². The zero-order valence-electron chi connectivity index (χ0n) is 33.9. The molecule has 0 aliphatic carbocycles. The summed E-state index contributed by atoms with van der Waals surface area (Å²) in [4.78, 5) is 15.9. The summed E-state index contributed by atoms with van der Waals surface area (Å²) in [6, 6.07) is 83.4. The van der Waals surface area contributed by atoms with Gasteiger partial charge in [0, 0.05) is 27.6 Å². The normalized spacial score (nSPS) is 11.2. The zero-order valence-corrected chi connectivity index (χ0v) is 33.9. The highest BCUT2D eigenvalue weighted by Crippen LogP contribution is 2.40. The van der Waals surface area contributed by atoms with Gasteiger partial charge < -0.3 is 0 Å². The fourth-order valence-electron chi connectivity index (χ4n) is 8.62. The Morgan fingerprint density at radius 3 is 1.27 bits per heavy atom. The van der Waals surface area contributed by atoms with Gasteiger partial charge in [0.25, 0.3) is 0 Å². The molecule has 0 saturated heterocycles. The zero-order chi connectivity index (χ0) is 41.2. The molecule has 2 aromatic heterocycles. The first-order valence-electron chi connectivity index (χ1n) is 21.0. The molecule has 2 heterocycles. The Bertz CT molecular complexity index is 3280. The highest BCUT2D eigenvalue weighted by atomic mass is 14.9. The monoisotopic (exact) mass is 789 g/mol. The molecule has 0 bridgehead atoms. The molecular weight excluding hydrogens is 751 g/mol. The number of nitrogens with zero attached hydrogens (tertiary/aromatic N) is 3. The maximum Gasteiger partial charge on any atom is 0.160 e. The van der Waals surface area contributed by atoms with Crippen molar-refractivity contribution in [3.05, 3.63) is 237 Å². The Hall–Kier alpha value is -8.27. The van der Waals surface area contributed by atoms with E-state index in [1.54, 1.807) is 0 Å². The molecule has 0 aliphatic heterocycles. The Labute approximate surface area is 361 Å². The van der Waals surface area contributed by atoms with Crippen molar-refractivity contribution in [2.45, 2.75) is 0 Å². The van der Waals surface area contributed by atoms with Gasteiger partial charge in [-0.2, -0.15) is 0 Å². The van der Waals surface area contributed by atoms with E-state index in [4.69, 9.17) is 15.0 Å². The minimum absolute atomic E-state index is 0.671. The first-order valence-corrected chi connectivity index (χ1v) is 21.0. The predicted molar refractivity (Wildman–Crippen MR) is 258 cm³/mol. The van der Waals surface area contributed by atoms with Crippen LogP contribution in [0.4, 0.5) is 0 Å². The fraction of sp³-hybridized carbons (Fsp3) is 0. The lowest BCUT2D eigenvalue weighted by Crippen LogP contribution is -1.97. The number of fused-ring (bicyclic) bond motifs is 3. The molecule has 0 saturated carbocycles. The molecule has 0 atom stereocenters. The molecule has 0 fully saturated rings. The first-order chi connectivity index (χ1) is 30.7. The molecule has 0 spiro atoms. The van der Waals surface area contributed by atoms with Crippen molar-refractivity contribution in [2.75, 3.05) is 0 Å². The van der Waals surface area contributed by atoms with Gasteiger partial charge in [-0.3, -0.25) is 0 Å². The molecule has 0 amide bonds. The van der Waals surface area contributed by atoms with Crippen molar-refractivity contribution >= 4 is 21.7 Å². The Balaban J connectivity index is 1.06. The molecule has 290 valence electrons. The lowest BCUT2D eigenvalue weighted by atomic mass is 9.91. The Kier molecular flexibility index (Phi) is 9.53. The quantitative estimate of drug-likeness (QED) is 0.144. The predicted octanol–water partition coefficient (Wildman–Crippen LogP) is 15.5. The minimum Gasteiger partial charge on any atom is -0.248 e. The van der Waals surface area contributed by atoms with Crippen LogP contribution < -0.4 is 0 Å². The SMILES string of the molecule is c1ccc(-c2cccc(-c3cc(-c4cccc(-c5ccccc5)c4)nc(-c4cccc(-c5cccc6c5ccc5nc(-c7ccccc7)cc(-c7ccccc7)c56)c4)n3)c2)cc1. The van der Waals surface area contributed by atoms with Gasteiger partial charge in [-0.25, -0.2) is 15.0 Å². The largest absolute Gasteiger partial charge is 0.248 e. The smallest absolute Gasteiger partial charge is 0.160 e. The van der Waals surface area contributed by atoms with E-state index in [2.05, 4.69) is 231 Å². The molecule has 0 unspecified atom stereocenters. The molecule has 0 N–H and O–H groups in total. The van der Waals surface area contributed by atoms with E-state index in [0.717, 1.165) is 94.4 Å². The van der Waals surface area contributed by atoms with Gasteiger partial charge in [0.15, 0.2) is 5.82 Å². The van der Waals surface area contributed by atoms with Crippen LogP contribution in [0.15, 0.2) is 237 Å². The van der Waals surface area contributed by atoms with Crippen LogP contribution in [-0.4, -0.2) is 15.0 Å². The second-order valence-electron chi connectivity index (χ2n) is 15.6. The van der Waals surface area contributed by atoms with E-state index in [1.165, 1.54) is 11.1 Å². The number of rotatable bonds is 8. The van der Waals surface area contributed by atoms with Crippen molar-refractivity contribution in [3.8, 4) is 89.7 Å². The van der Waals surface area contributed by atoms with Crippen LogP contribution in [-0.2, 0) is 0 Å². The number of hydrogen-bond donors (Lipinski definition) is 0. The first kappa shape index (κ1) is 36.8. The van der Waals surface area contributed by atoms with Crippen molar-refractivity contribution < 1.29 is 0 Å². The highest BCUT2D eigenvalue weighted by Gasteiger charge is 2.17. The van der Waals surface area contributed by atoms with Crippen LogP contribution in [0, 0.1) is 0 Å². The van der Waals surface area contributed by atoms with E-state index in [1.807, 2.05) is 6.07 Å². The topological polar surface area (TPSA) is 38.7 Å². The van der Waals surface area contributed by atoms with Crippen molar-refractivity contribution in [2.24, 2.45) is 0 Å². The Morgan fingerprint density at radius 2 is 0.677 bits per heavy atom. The summed E-state index contributed by atoms with van der Waals surface area (Å²) in [6.45, 7) is 0. The number of pyridine rings is 1. The fourth-order valence-corrected chi connectivity index (χ4v) is 8.62. The summed E-state index contributed by atoms with van der Waals surface area (Å²) in [6.07, 6.45) is 0. The third kappa shape index (κ3) is 7.12. The van der Waals surface area contributed by atoms with E-state index in [-0.39, 0.29) is 0 Å². The molecule has 3 nitrogen and oxygen atoms in total. The number of hydrogen-bond acceptors (Lipinski definition) is 3. The third-order valence-electron chi connectivity index (χ3n) is 11.7. The van der Waals surface area contributed by atoms with E-state index in [9.17, 15) is 0 Å². The second kappa shape index (κ2) is 16.1. The summed E-state index contributed by atoms with van der Waals surface area (Å²) in [7, 11) is 0.